The number of benzene rings is 6. The van der Waals surface area contributed by atoms with Crippen LogP contribution in [0.5, 0.6) is 0 Å². The first-order valence-corrected chi connectivity index (χ1v) is 42.8. The van der Waals surface area contributed by atoms with Gasteiger partial charge in [0.25, 0.3) is 11.8 Å². The zero-order valence-corrected chi connectivity index (χ0v) is 72.5. The molecule has 3 saturated heterocycles. The van der Waals surface area contributed by atoms with Gasteiger partial charge in [-0.05, 0) is 134 Å². The van der Waals surface area contributed by atoms with Crippen LogP contribution >= 0.6 is 0 Å². The van der Waals surface area contributed by atoms with Gasteiger partial charge in [0.15, 0.2) is 18.0 Å². The number of ether oxygens (including phenoxy) is 10. The monoisotopic (exact) mass is 1680 g/mol. The number of hydrogen-bond acceptors (Lipinski definition) is 22. The van der Waals surface area contributed by atoms with Crippen molar-refractivity contribution in [1.82, 2.24) is 10.6 Å². The Labute approximate surface area is 717 Å². The summed E-state index contributed by atoms with van der Waals surface area (Å²) in [6.45, 7) is 28.9. The minimum absolute atomic E-state index is 0.125. The van der Waals surface area contributed by atoms with Gasteiger partial charge in [0, 0.05) is 80.1 Å². The molecule has 15 rings (SSSR count). The third-order valence-electron chi connectivity index (χ3n) is 30.2. The second-order valence-electron chi connectivity index (χ2n) is 38.2. The standard InChI is InChI=1S/C99H112N2O22/c1-53-47-67-94(13,51-114-67)77-81(120-85(106)63-43-31-21-32-44-63)98(112)49-65(55(3)69(91(98,7)8)57(5)79(102)96(53,77)15)116-87(108)73(71(59-35-23-17-24-36-59)100-83(104)61-39-27-19-28-40-61)118-89(110)75-76(123-93(11,12)122-75)90(111)119-74(72(60-37-25-18-26-38-60)101-84(105)62-41-29-20-30-42-62)88(109)117-66-50-99(113)82(121-86(107)64-45-33-22-34-46-64)78-95(14)52-115-68(95)48-54(2)97(78,16)80(103)58(6)70(56(66)4)92(99,9)10/h17-46,53-54,57-58,65-68,71-78,81-82,112-113H,47-52H2,1-16H3,(H,100,104)(H,101,105)/t53-,54-,57+,58+,65-,66-,67+,68+,71-,72-,73+,74+,75+,76+,77?,78?,81-,82-,94+,95+,96+,97+,98+,99+/m0/s1. The van der Waals surface area contributed by atoms with Crippen LogP contribution in [0.4, 0.5) is 0 Å². The molecule has 3 aliphatic heterocycles. The van der Waals surface area contributed by atoms with Gasteiger partial charge in [0.2, 0.25) is 12.2 Å². The predicted octanol–water partition coefficient (Wildman–Crippen LogP) is 13.5. The van der Waals surface area contributed by atoms with E-state index in [1.165, 1.54) is 38.1 Å². The Morgan fingerprint density at radius 1 is 0.423 bits per heavy atom. The van der Waals surface area contributed by atoms with Gasteiger partial charge >= 0.3 is 35.8 Å². The number of aliphatic hydroxyl groups is 2. The van der Waals surface area contributed by atoms with E-state index in [0.717, 1.165) is 0 Å². The number of nitrogens with one attached hydrogen (secondary N) is 2. The number of rotatable bonds is 20. The van der Waals surface area contributed by atoms with Crippen molar-refractivity contribution in [3.05, 3.63) is 238 Å². The van der Waals surface area contributed by atoms with E-state index in [-0.39, 0.29) is 70.0 Å². The molecule has 24 heteroatoms. The van der Waals surface area contributed by atoms with E-state index in [1.807, 2.05) is 41.5 Å². The first kappa shape index (κ1) is 87.6. The molecular weight excluding hydrogens is 1570 g/mol. The van der Waals surface area contributed by atoms with Crippen molar-refractivity contribution in [2.75, 3.05) is 13.2 Å². The van der Waals surface area contributed by atoms with Gasteiger partial charge in [0.1, 0.15) is 59.3 Å². The summed E-state index contributed by atoms with van der Waals surface area (Å²) >= 11 is 0. The normalized spacial score (nSPS) is 34.6. The van der Waals surface area contributed by atoms with Crippen molar-refractivity contribution < 1.29 is 106 Å². The third-order valence-corrected chi connectivity index (χ3v) is 30.2. The average Bonchev–Trinajstić information content (AvgIpc) is 0.778. The van der Waals surface area contributed by atoms with E-state index in [1.54, 1.807) is 213 Å². The van der Waals surface area contributed by atoms with Crippen LogP contribution in [0.2, 0.25) is 0 Å². The van der Waals surface area contributed by atoms with Crippen molar-refractivity contribution in [1.29, 1.82) is 0 Å². The first-order chi connectivity index (χ1) is 58.1. The molecule has 6 aliphatic carbocycles. The number of hydrogen-bond donors (Lipinski definition) is 4. The molecule has 650 valence electrons. The molecule has 24 atom stereocenters. The molecule has 0 radical (unpaired) electrons. The summed E-state index contributed by atoms with van der Waals surface area (Å²) in [7, 11) is 0. The lowest BCUT2D eigenvalue weighted by atomic mass is 9.40. The highest BCUT2D eigenvalue weighted by Crippen LogP contribution is 2.70. The van der Waals surface area contributed by atoms with Gasteiger partial charge in [-0.3, -0.25) is 19.2 Å². The number of fused-ring (bicyclic) bond motifs is 10. The number of ketones is 2. The lowest BCUT2D eigenvalue weighted by Gasteiger charge is -2.68. The Hall–Kier alpha value is -10.3. The second kappa shape index (κ2) is 32.3. The quantitative estimate of drug-likeness (QED) is 0.0313. The summed E-state index contributed by atoms with van der Waals surface area (Å²) < 4.78 is 65.5. The maximum atomic E-state index is 16.4. The molecule has 4 saturated carbocycles. The van der Waals surface area contributed by atoms with Crippen LogP contribution in [-0.2, 0) is 76.1 Å². The maximum absolute atomic E-state index is 16.4. The molecule has 24 nitrogen and oxygen atoms in total. The molecule has 7 fully saturated rings. The van der Waals surface area contributed by atoms with Crippen LogP contribution in [0.15, 0.2) is 204 Å². The molecule has 6 aromatic carbocycles. The summed E-state index contributed by atoms with van der Waals surface area (Å²) in [6.07, 6.45) is -15.6. The van der Waals surface area contributed by atoms with E-state index in [9.17, 15) is 29.4 Å². The Morgan fingerprint density at radius 3 is 1.02 bits per heavy atom. The van der Waals surface area contributed by atoms with E-state index in [4.69, 9.17) is 47.4 Å². The fourth-order valence-corrected chi connectivity index (χ4v) is 23.2. The molecule has 2 unspecified atom stereocenters. The molecule has 6 aromatic rings. The van der Waals surface area contributed by atoms with Crippen LogP contribution in [0.25, 0.3) is 0 Å². The minimum atomic E-state index is -2.26. The molecule has 3 heterocycles. The molecule has 2 amide bonds. The van der Waals surface area contributed by atoms with Crippen LogP contribution in [0, 0.1) is 68.0 Å². The van der Waals surface area contributed by atoms with E-state index in [2.05, 4.69) is 10.6 Å². The lowest BCUT2D eigenvalue weighted by molar-refractivity contribution is -0.305. The van der Waals surface area contributed by atoms with Gasteiger partial charge in [-0.1, -0.05) is 217 Å². The summed E-state index contributed by atoms with van der Waals surface area (Å²) in [5, 5.41) is 34.7. The number of esters is 6. The number of amides is 2. The summed E-state index contributed by atoms with van der Waals surface area (Å²) in [4.78, 5) is 157. The largest absolute Gasteiger partial charge is 0.455 e. The lowest BCUT2D eigenvalue weighted by Crippen LogP contribution is -2.76. The van der Waals surface area contributed by atoms with Crippen molar-refractivity contribution in [3.8, 4) is 0 Å². The van der Waals surface area contributed by atoms with Crippen molar-refractivity contribution in [3.63, 3.8) is 0 Å². The number of carbonyl (C=O) groups is 10. The Kier molecular flexibility index (Phi) is 23.0. The van der Waals surface area contributed by atoms with Crippen LogP contribution in [0.1, 0.15) is 201 Å². The van der Waals surface area contributed by atoms with Gasteiger partial charge in [-0.2, -0.15) is 0 Å². The van der Waals surface area contributed by atoms with Crippen LogP contribution in [0.3, 0.4) is 0 Å². The predicted molar refractivity (Wildman–Crippen MR) is 448 cm³/mol. The Balaban J connectivity index is 0.813. The van der Waals surface area contributed by atoms with Crippen molar-refractivity contribution >= 4 is 59.2 Å². The van der Waals surface area contributed by atoms with E-state index < -0.39 is 207 Å². The molecule has 4 N–H and O–H groups in total. The average molecular weight is 1680 g/mol. The van der Waals surface area contributed by atoms with Gasteiger partial charge < -0.3 is 68.2 Å². The molecule has 4 bridgehead atoms. The smallest absolute Gasteiger partial charge is 0.350 e. The van der Waals surface area contributed by atoms with Crippen LogP contribution in [-0.4, -0.2) is 161 Å². The highest BCUT2D eigenvalue weighted by molar-refractivity contribution is 5.98. The van der Waals surface area contributed by atoms with Crippen LogP contribution < -0.4 is 10.6 Å². The third kappa shape index (κ3) is 14.6. The first-order valence-electron chi connectivity index (χ1n) is 42.8. The fourth-order valence-electron chi connectivity index (χ4n) is 23.2. The molecule has 9 aliphatic rings. The zero-order chi connectivity index (χ0) is 88.4. The second-order valence-corrected chi connectivity index (χ2v) is 38.2. The topological polar surface area (TPSA) is 328 Å². The number of carbonyl (C=O) groups excluding carboxylic acids is 10. The van der Waals surface area contributed by atoms with Gasteiger partial charge in [0.05, 0.1) is 36.5 Å². The summed E-state index contributed by atoms with van der Waals surface area (Å²) in [5.41, 5.74) is -8.79. The fraction of sp³-hybridized carbons (Fsp3) is 0.495. The summed E-state index contributed by atoms with van der Waals surface area (Å²) in [6, 6.07) is 45.4. The summed E-state index contributed by atoms with van der Waals surface area (Å²) in [5.74, 6) is -15.2. The molecule has 123 heavy (non-hydrogen) atoms. The maximum Gasteiger partial charge on any atom is 0.350 e. The minimum Gasteiger partial charge on any atom is -0.455 e. The van der Waals surface area contributed by atoms with Gasteiger partial charge in [-0.25, -0.2) is 28.8 Å². The molecular formula is C99H112N2O22. The highest BCUT2D eigenvalue weighted by atomic mass is 16.8. The Morgan fingerprint density at radius 2 is 0.724 bits per heavy atom. The molecule has 0 spiro atoms. The van der Waals surface area contributed by atoms with Gasteiger partial charge in [-0.15, -0.1) is 0 Å². The van der Waals surface area contributed by atoms with E-state index >= 15 is 28.8 Å². The molecule has 0 aromatic heterocycles. The SMILES string of the molecule is CC1=C2[C@@H](C)C(=O)[C@@]3(C)C([C@H](OC(=O)c4ccccc4)[C@](O)(C[C@@H]1OC(=O)[C@H](OC(=O)[C@@H]1OC(C)(C)O[C@H]1C(=O)O[C@@H](C(=O)O[C@H]1C[C@@]4(O)[C@@H](OC(=O)c5ccccc5)C5[C@]6(C)CO[C@@H]6C[C@H](C)[C@@]5(C)C(=O)[C@H](C)C(=C1C)C4(C)C)[C@@H](NC(=O)c1ccccc1)c1ccccc1)[C@@H](NC(=O)c1ccccc1)c1ccccc1)C2(C)C)[C@]1(C)CO[C@@H]1C[C@@H]3C. The Bertz CT molecular complexity index is 4880. The number of Topliss-reactive ketones (excluding diaryl/α,β-unsaturated/α-hetero) is 2. The van der Waals surface area contributed by atoms with Crippen molar-refractivity contribution in [2.45, 2.75) is 227 Å². The van der Waals surface area contributed by atoms with Crippen molar-refractivity contribution in [2.24, 2.45) is 68.0 Å². The highest BCUT2D eigenvalue weighted by Gasteiger charge is 2.77. The zero-order valence-electron chi connectivity index (χ0n) is 72.5. The van der Waals surface area contributed by atoms with E-state index in [0.29, 0.717) is 35.1 Å².